The number of benzene rings is 7. The van der Waals surface area contributed by atoms with Crippen LogP contribution in [0.1, 0.15) is 275 Å². The van der Waals surface area contributed by atoms with Crippen LogP contribution in [-0.2, 0) is 82.9 Å². The second kappa shape index (κ2) is 23.4. The monoisotopic (exact) mass is 1200 g/mol. The molecular weight excluding hydrogens is 1100 g/mol. The lowest BCUT2D eigenvalue weighted by Gasteiger charge is -2.30. The maximum atomic E-state index is 13.0. The Labute approximate surface area is 534 Å². The molecule has 0 amide bonds. The summed E-state index contributed by atoms with van der Waals surface area (Å²) in [7, 11) is 0. The molecule has 7 aromatic carbocycles. The molecule has 0 unspecified atom stereocenters. The molecule has 0 spiro atoms. The van der Waals surface area contributed by atoms with Crippen LogP contribution in [0.25, 0.3) is 0 Å². The summed E-state index contributed by atoms with van der Waals surface area (Å²) in [5.41, 5.74) is 19.4. The fraction of sp³-hybridized carbons (Fsp3) is 0.488. The summed E-state index contributed by atoms with van der Waals surface area (Å²) in [4.78, 5) is 0. The van der Waals surface area contributed by atoms with Crippen LogP contribution < -0.4 is 18.9 Å². The number of fused-ring (bicyclic) bond motifs is 8. The molecule has 4 aliphatic rings. The summed E-state index contributed by atoms with van der Waals surface area (Å²) >= 11 is 0. The van der Waals surface area contributed by atoms with E-state index in [4.69, 9.17) is 18.9 Å². The second-order valence-electron chi connectivity index (χ2n) is 33.7. The first kappa shape index (κ1) is 65.1. The number of aromatic hydroxyl groups is 3. The topological polar surface area (TPSA) is 97.6 Å². The number of hydrogen-bond acceptors (Lipinski definition) is 7. The lowest BCUT2D eigenvalue weighted by Crippen LogP contribution is -2.20. The minimum absolute atomic E-state index is 0.0212. The van der Waals surface area contributed by atoms with Gasteiger partial charge in [-0.2, -0.15) is 0 Å². The lowest BCUT2D eigenvalue weighted by atomic mass is 9.79. The SMILES string of the molecule is CC(C)(C)c1cc2c(O)c(c1)Cc1cc(C(C)(C)C)cc(c1O)Cc1cc(C(C)(C)C)cc3c1OCCCCOc1c(cc(C(C)(C)C)cc1Cc1cc(C(C)(C)C)cc4c1OCOc1c(cc(C(C)(C)C)cc1C4)C3)Cc1cc(C(C)(C)C)cc(c1O)C2. The van der Waals surface area contributed by atoms with E-state index in [2.05, 4.69) is 230 Å². The highest BCUT2D eigenvalue weighted by molar-refractivity contribution is 5.62. The van der Waals surface area contributed by atoms with Gasteiger partial charge in [-0.25, -0.2) is 0 Å². The van der Waals surface area contributed by atoms with Crippen LogP contribution in [0.2, 0.25) is 0 Å². The Kier molecular flexibility index (Phi) is 17.1. The van der Waals surface area contributed by atoms with E-state index in [9.17, 15) is 15.3 Å². The van der Waals surface area contributed by atoms with Gasteiger partial charge in [0.05, 0.1) is 13.2 Å². The molecule has 0 aromatic heterocycles. The van der Waals surface area contributed by atoms with Crippen molar-refractivity contribution in [3.8, 4) is 40.2 Å². The zero-order chi connectivity index (χ0) is 64.9. The number of phenolic OH excluding ortho intramolecular Hbond substituents is 3. The second-order valence-corrected chi connectivity index (χ2v) is 33.7. The zero-order valence-corrected chi connectivity index (χ0v) is 58.0. The number of ether oxygens (including phenoxy) is 4. The van der Waals surface area contributed by atoms with Gasteiger partial charge < -0.3 is 34.3 Å². The minimum Gasteiger partial charge on any atom is -0.507 e. The maximum absolute atomic E-state index is 13.0. The average Bonchev–Trinajstić information content (AvgIpc) is 0.971. The molecule has 0 saturated carbocycles. The maximum Gasteiger partial charge on any atom is 0.230 e. The lowest BCUT2D eigenvalue weighted by molar-refractivity contribution is 0.113. The van der Waals surface area contributed by atoms with Gasteiger partial charge in [-0.1, -0.05) is 230 Å². The van der Waals surface area contributed by atoms with Crippen LogP contribution in [-0.4, -0.2) is 35.3 Å². The van der Waals surface area contributed by atoms with Crippen molar-refractivity contribution in [3.05, 3.63) is 202 Å². The van der Waals surface area contributed by atoms with Crippen LogP contribution in [0, 0.1) is 0 Å². The molecule has 0 fully saturated rings. The first-order valence-electron chi connectivity index (χ1n) is 32.9. The fourth-order valence-electron chi connectivity index (χ4n) is 13.1. The third-order valence-electron chi connectivity index (χ3n) is 18.9. The molecule has 0 atom stereocenters. The van der Waals surface area contributed by atoms with Crippen molar-refractivity contribution in [2.45, 2.75) is 241 Å². The summed E-state index contributed by atoms with van der Waals surface area (Å²) < 4.78 is 28.8. The molecule has 7 nitrogen and oxygen atoms in total. The highest BCUT2D eigenvalue weighted by atomic mass is 16.7. The fourth-order valence-corrected chi connectivity index (χ4v) is 13.1. The Morgan fingerprint density at radius 3 is 0.551 bits per heavy atom. The van der Waals surface area contributed by atoms with Crippen LogP contribution in [0.4, 0.5) is 0 Å². The molecule has 11 rings (SSSR count). The van der Waals surface area contributed by atoms with E-state index >= 15 is 0 Å². The van der Waals surface area contributed by atoms with Gasteiger partial charge in [-0.3, -0.25) is 0 Å². The van der Waals surface area contributed by atoms with Crippen LogP contribution in [0.3, 0.4) is 0 Å². The van der Waals surface area contributed by atoms with Crippen LogP contribution >= 0.6 is 0 Å². The highest BCUT2D eigenvalue weighted by Crippen LogP contribution is 2.47. The molecule has 7 aromatic rings. The van der Waals surface area contributed by atoms with Crippen LogP contribution in [0.15, 0.2) is 84.9 Å². The molecule has 0 saturated heterocycles. The third-order valence-corrected chi connectivity index (χ3v) is 18.9. The Bertz CT molecular complexity index is 3620. The van der Waals surface area contributed by atoms with Crippen molar-refractivity contribution in [3.63, 3.8) is 0 Å². The number of phenols is 3. The molecule has 4 heterocycles. The van der Waals surface area contributed by atoms with Crippen molar-refractivity contribution in [1.29, 1.82) is 0 Å². The first-order chi connectivity index (χ1) is 41.2. The molecule has 474 valence electrons. The Morgan fingerprint density at radius 1 is 0.225 bits per heavy atom. The largest absolute Gasteiger partial charge is 0.507 e. The van der Waals surface area contributed by atoms with E-state index in [0.29, 0.717) is 45.3 Å². The van der Waals surface area contributed by atoms with Gasteiger partial charge in [0.2, 0.25) is 6.79 Å². The van der Waals surface area contributed by atoms with E-state index in [1.807, 2.05) is 0 Å². The number of rotatable bonds is 0. The molecule has 7 heteroatoms. The smallest absolute Gasteiger partial charge is 0.230 e. The Balaban J connectivity index is 1.33. The van der Waals surface area contributed by atoms with E-state index in [0.717, 1.165) is 130 Å². The normalized spacial score (nSPS) is 15.4. The van der Waals surface area contributed by atoms with E-state index in [1.165, 1.54) is 22.3 Å². The summed E-state index contributed by atoms with van der Waals surface area (Å²) in [6, 6.07) is 31.7. The quantitative estimate of drug-likeness (QED) is 0.139. The summed E-state index contributed by atoms with van der Waals surface area (Å²) in [5.74, 6) is 3.90. The molecule has 14 bridgehead atoms. The van der Waals surface area contributed by atoms with Gasteiger partial charge in [0.15, 0.2) is 0 Å². The standard InChI is InChI=1S/C82H104O7/c1-76(2,3)62-33-48-26-50-35-63(77(4,5)6)37-52(70(50)84)28-54-39-65(79(10,11)12)41-56-30-58-43-67(81(16,17)18)45-60-32-61-46-68(82(19,20)21)44-59(75(61)89-47-88-74(58)60)31-57-42-66(80(13,14)15)40-55(73(57)87-25-23-22-24-86-72(54)56)29-53-38-64(78(7,8)9)36-51(71(53)85)27-49(34-62)69(48)83/h33-46,83-85H,22-32,47H2,1-21H3. The first-order valence-corrected chi connectivity index (χ1v) is 32.9. The Hall–Kier alpha value is -6.86. The van der Waals surface area contributed by atoms with Gasteiger partial charge in [0, 0.05) is 44.9 Å². The van der Waals surface area contributed by atoms with Gasteiger partial charge in [-0.15, -0.1) is 0 Å². The van der Waals surface area contributed by atoms with Crippen molar-refractivity contribution < 1.29 is 34.3 Å². The molecule has 3 N–H and O–H groups in total. The summed E-state index contributed by atoms with van der Waals surface area (Å²) in [5, 5.41) is 38.9. The van der Waals surface area contributed by atoms with Crippen LogP contribution in [0.5, 0.6) is 40.2 Å². The zero-order valence-electron chi connectivity index (χ0n) is 58.0. The van der Waals surface area contributed by atoms with Gasteiger partial charge in [0.25, 0.3) is 0 Å². The molecule has 0 aliphatic carbocycles. The van der Waals surface area contributed by atoms with E-state index < -0.39 is 0 Å². The van der Waals surface area contributed by atoms with Gasteiger partial charge in [-0.05, 0) is 168 Å². The third kappa shape index (κ3) is 14.1. The summed E-state index contributed by atoms with van der Waals surface area (Å²) in [6.45, 7) is 48.3. The number of hydrogen-bond donors (Lipinski definition) is 3. The minimum atomic E-state index is -0.289. The van der Waals surface area contributed by atoms with Gasteiger partial charge in [0.1, 0.15) is 40.2 Å². The molecular formula is C82H104O7. The van der Waals surface area contributed by atoms with Crippen molar-refractivity contribution >= 4 is 0 Å². The van der Waals surface area contributed by atoms with E-state index in [-0.39, 0.29) is 74.8 Å². The summed E-state index contributed by atoms with van der Waals surface area (Å²) in [6.07, 6.45) is 4.51. The predicted octanol–water partition coefficient (Wildman–Crippen LogP) is 19.6. The average molecular weight is 1200 g/mol. The van der Waals surface area contributed by atoms with Gasteiger partial charge >= 0.3 is 0 Å². The molecule has 89 heavy (non-hydrogen) atoms. The highest BCUT2D eigenvalue weighted by Gasteiger charge is 2.32. The predicted molar refractivity (Wildman–Crippen MR) is 367 cm³/mol. The Morgan fingerprint density at radius 2 is 0.371 bits per heavy atom. The van der Waals surface area contributed by atoms with E-state index in [1.54, 1.807) is 0 Å². The molecule has 0 radical (unpaired) electrons. The van der Waals surface area contributed by atoms with Crippen molar-refractivity contribution in [2.24, 2.45) is 0 Å². The van der Waals surface area contributed by atoms with Crippen molar-refractivity contribution in [2.75, 3.05) is 20.0 Å². The van der Waals surface area contributed by atoms with Crippen molar-refractivity contribution in [1.82, 2.24) is 0 Å². The molecule has 4 aliphatic heterocycles.